The van der Waals surface area contributed by atoms with E-state index in [0.717, 1.165) is 31.7 Å². The molecule has 0 saturated heterocycles. The highest BCUT2D eigenvalue weighted by Crippen LogP contribution is 2.27. The summed E-state index contributed by atoms with van der Waals surface area (Å²) in [5.74, 6) is -1.40. The number of urea groups is 1. The Morgan fingerprint density at radius 2 is 1.96 bits per heavy atom. The Kier molecular flexibility index (Phi) is 7.30. The second-order valence-electron chi connectivity index (χ2n) is 6.61. The summed E-state index contributed by atoms with van der Waals surface area (Å²) in [4.78, 5) is 46.0. The molecule has 1 saturated carbocycles. The summed E-state index contributed by atoms with van der Waals surface area (Å²) in [7, 11) is 1.27. The van der Waals surface area contributed by atoms with Gasteiger partial charge in [-0.2, -0.15) is 0 Å². The van der Waals surface area contributed by atoms with Gasteiger partial charge in [0, 0.05) is 12.1 Å². The lowest BCUT2D eigenvalue weighted by atomic mass is 9.86. The van der Waals surface area contributed by atoms with Gasteiger partial charge in [0.05, 0.1) is 17.6 Å². The first kappa shape index (κ1) is 21.1. The molecule has 10 nitrogen and oxygen atoms in total. The van der Waals surface area contributed by atoms with E-state index in [1.54, 1.807) is 0 Å². The van der Waals surface area contributed by atoms with Crippen molar-refractivity contribution in [1.82, 2.24) is 10.6 Å². The fourth-order valence-electron chi connectivity index (χ4n) is 3.07. The van der Waals surface area contributed by atoms with E-state index < -0.39 is 35.1 Å². The van der Waals surface area contributed by atoms with Crippen LogP contribution in [-0.2, 0) is 9.53 Å². The minimum absolute atomic E-state index is 0.00366. The zero-order chi connectivity index (χ0) is 20.7. The van der Waals surface area contributed by atoms with Crippen LogP contribution in [0.25, 0.3) is 0 Å². The molecule has 2 N–H and O–H groups in total. The lowest BCUT2D eigenvalue weighted by Crippen LogP contribution is -2.48. The largest absolute Gasteiger partial charge is 0.490 e. The van der Waals surface area contributed by atoms with E-state index in [1.807, 2.05) is 6.92 Å². The number of imide groups is 1. The molecule has 10 heteroatoms. The van der Waals surface area contributed by atoms with Crippen LogP contribution in [-0.4, -0.2) is 42.6 Å². The Morgan fingerprint density at radius 1 is 1.25 bits per heavy atom. The van der Waals surface area contributed by atoms with Crippen molar-refractivity contribution in [2.45, 2.75) is 38.6 Å². The molecule has 1 aromatic rings. The van der Waals surface area contributed by atoms with Gasteiger partial charge >= 0.3 is 17.7 Å². The molecule has 0 unspecified atom stereocenters. The Hall–Kier alpha value is -3.17. The van der Waals surface area contributed by atoms with Crippen molar-refractivity contribution in [2.75, 3.05) is 13.7 Å². The van der Waals surface area contributed by atoms with E-state index in [9.17, 15) is 24.5 Å². The van der Waals surface area contributed by atoms with Gasteiger partial charge in [-0.3, -0.25) is 20.2 Å². The number of hydrogen-bond acceptors (Lipinski definition) is 7. The smallest absolute Gasteiger partial charge is 0.338 e. The molecule has 3 amide bonds. The van der Waals surface area contributed by atoms with Crippen LogP contribution < -0.4 is 15.4 Å². The highest BCUT2D eigenvalue weighted by atomic mass is 16.6. The number of rotatable bonds is 6. The minimum Gasteiger partial charge on any atom is -0.490 e. The summed E-state index contributed by atoms with van der Waals surface area (Å²) in [6.45, 7) is 1.36. The molecule has 2 atom stereocenters. The van der Waals surface area contributed by atoms with Gasteiger partial charge in [-0.1, -0.05) is 19.8 Å². The third kappa shape index (κ3) is 5.66. The third-order valence-electron chi connectivity index (χ3n) is 4.63. The van der Waals surface area contributed by atoms with E-state index in [4.69, 9.17) is 9.47 Å². The standard InChI is InChI=1S/C18H23N3O7/c1-11-5-3-4-6-13(11)19-18(24)20-16(22)10-28-17(23)12-7-8-15(27-2)14(9-12)21(25)26/h7-9,11,13H,3-6,10H2,1-2H3,(H2,19,20,22,24)/t11-,13-/m0/s1. The van der Waals surface area contributed by atoms with E-state index >= 15 is 0 Å². The number of nitrogens with one attached hydrogen (secondary N) is 2. The minimum atomic E-state index is -0.929. The van der Waals surface area contributed by atoms with Gasteiger partial charge in [0.25, 0.3) is 5.91 Å². The zero-order valence-electron chi connectivity index (χ0n) is 15.7. The number of carbonyl (C=O) groups excluding carboxylic acids is 3. The first-order valence-corrected chi connectivity index (χ1v) is 8.91. The third-order valence-corrected chi connectivity index (χ3v) is 4.63. The van der Waals surface area contributed by atoms with Crippen molar-refractivity contribution in [3.05, 3.63) is 33.9 Å². The van der Waals surface area contributed by atoms with Crippen molar-refractivity contribution in [3.8, 4) is 5.75 Å². The van der Waals surface area contributed by atoms with Crippen LogP contribution in [0.15, 0.2) is 18.2 Å². The molecular formula is C18H23N3O7. The molecule has 28 heavy (non-hydrogen) atoms. The number of nitrogens with zero attached hydrogens (tertiary/aromatic N) is 1. The van der Waals surface area contributed by atoms with Crippen LogP contribution >= 0.6 is 0 Å². The lowest BCUT2D eigenvalue weighted by molar-refractivity contribution is -0.385. The topological polar surface area (TPSA) is 137 Å². The summed E-state index contributed by atoms with van der Waals surface area (Å²) >= 11 is 0. The van der Waals surface area contributed by atoms with Gasteiger partial charge in [0.1, 0.15) is 0 Å². The molecule has 1 aliphatic rings. The fourth-order valence-corrected chi connectivity index (χ4v) is 3.07. The van der Waals surface area contributed by atoms with Crippen LogP contribution in [0.2, 0.25) is 0 Å². The van der Waals surface area contributed by atoms with Crippen molar-refractivity contribution < 1.29 is 28.8 Å². The number of hydrogen-bond donors (Lipinski definition) is 2. The predicted molar refractivity (Wildman–Crippen MR) is 98.0 cm³/mol. The summed E-state index contributed by atoms with van der Waals surface area (Å²) in [6.07, 6.45) is 4.02. The van der Waals surface area contributed by atoms with E-state index in [2.05, 4.69) is 10.6 Å². The van der Waals surface area contributed by atoms with Crippen molar-refractivity contribution in [1.29, 1.82) is 0 Å². The Balaban J connectivity index is 1.85. The van der Waals surface area contributed by atoms with Gasteiger partial charge in [0.15, 0.2) is 12.4 Å². The Labute approximate surface area is 161 Å². The average molecular weight is 393 g/mol. The quantitative estimate of drug-likeness (QED) is 0.429. The zero-order valence-corrected chi connectivity index (χ0v) is 15.7. The number of nitro benzene ring substituents is 1. The second-order valence-corrected chi connectivity index (χ2v) is 6.61. The maximum Gasteiger partial charge on any atom is 0.338 e. The molecule has 0 aromatic heterocycles. The normalized spacial score (nSPS) is 18.6. The molecule has 0 heterocycles. The number of nitro groups is 1. The monoisotopic (exact) mass is 393 g/mol. The molecule has 1 aromatic carbocycles. The molecule has 1 fully saturated rings. The number of ether oxygens (including phenoxy) is 2. The summed E-state index contributed by atoms with van der Waals surface area (Å²) in [5.41, 5.74) is -0.511. The number of carbonyl (C=O) groups is 3. The number of methoxy groups -OCH3 is 1. The maximum absolute atomic E-state index is 12.0. The van der Waals surface area contributed by atoms with Gasteiger partial charge in [-0.25, -0.2) is 9.59 Å². The maximum atomic E-state index is 12.0. The molecule has 0 aliphatic heterocycles. The first-order valence-electron chi connectivity index (χ1n) is 8.91. The van der Waals surface area contributed by atoms with E-state index in [-0.39, 0.29) is 17.4 Å². The van der Waals surface area contributed by atoms with Crippen LogP contribution in [0.5, 0.6) is 5.75 Å². The van der Waals surface area contributed by atoms with Crippen LogP contribution in [0.3, 0.4) is 0 Å². The molecule has 1 aliphatic carbocycles. The predicted octanol–water partition coefficient (Wildman–Crippen LogP) is 2.16. The fraction of sp³-hybridized carbons (Fsp3) is 0.500. The second kappa shape index (κ2) is 9.67. The molecule has 0 spiro atoms. The highest BCUT2D eigenvalue weighted by molar-refractivity contribution is 5.97. The SMILES string of the molecule is COc1ccc(C(=O)OCC(=O)NC(=O)N[C@H]2CCCC[C@@H]2C)cc1[N+](=O)[O-]. The summed E-state index contributed by atoms with van der Waals surface area (Å²) in [6, 6.07) is 2.90. The van der Waals surface area contributed by atoms with Crippen molar-refractivity contribution >= 4 is 23.6 Å². The number of amides is 3. The van der Waals surface area contributed by atoms with Gasteiger partial charge < -0.3 is 14.8 Å². The number of esters is 1. The Bertz CT molecular complexity index is 766. The van der Waals surface area contributed by atoms with Crippen molar-refractivity contribution in [2.24, 2.45) is 5.92 Å². The Morgan fingerprint density at radius 3 is 2.61 bits per heavy atom. The molecule has 152 valence electrons. The molecule has 0 bridgehead atoms. The molecule has 0 radical (unpaired) electrons. The van der Waals surface area contributed by atoms with Gasteiger partial charge in [-0.05, 0) is 30.9 Å². The first-order chi connectivity index (χ1) is 13.3. The average Bonchev–Trinajstić information content (AvgIpc) is 2.67. The van der Waals surface area contributed by atoms with Crippen LogP contribution in [0, 0.1) is 16.0 Å². The van der Waals surface area contributed by atoms with Crippen molar-refractivity contribution in [3.63, 3.8) is 0 Å². The van der Waals surface area contributed by atoms with E-state index in [0.29, 0.717) is 5.92 Å². The highest BCUT2D eigenvalue weighted by Gasteiger charge is 2.24. The lowest BCUT2D eigenvalue weighted by Gasteiger charge is -2.29. The summed E-state index contributed by atoms with van der Waals surface area (Å²) in [5, 5.41) is 15.9. The van der Waals surface area contributed by atoms with Crippen LogP contribution in [0.1, 0.15) is 43.0 Å². The van der Waals surface area contributed by atoms with E-state index in [1.165, 1.54) is 19.2 Å². The molecule has 2 rings (SSSR count). The van der Waals surface area contributed by atoms with Crippen LogP contribution in [0.4, 0.5) is 10.5 Å². The molecular weight excluding hydrogens is 370 g/mol. The number of benzene rings is 1. The summed E-state index contributed by atoms with van der Waals surface area (Å²) < 4.78 is 9.67. The van der Waals surface area contributed by atoms with Gasteiger partial charge in [0.2, 0.25) is 0 Å². The van der Waals surface area contributed by atoms with Gasteiger partial charge in [-0.15, -0.1) is 0 Å².